The fourth-order valence-electron chi connectivity index (χ4n) is 0. The van der Waals surface area contributed by atoms with Gasteiger partial charge >= 0.3 is 40.1 Å². The van der Waals surface area contributed by atoms with Crippen LogP contribution < -0.4 is 0 Å². The van der Waals surface area contributed by atoms with E-state index in [1.54, 1.807) is 0 Å². The summed E-state index contributed by atoms with van der Waals surface area (Å²) in [4.78, 5) is 0. The van der Waals surface area contributed by atoms with Crippen molar-refractivity contribution in [2.24, 2.45) is 0 Å². The summed E-state index contributed by atoms with van der Waals surface area (Å²) >= 11 is 0. The van der Waals surface area contributed by atoms with E-state index in [-0.39, 0.29) is 70.4 Å². The van der Waals surface area contributed by atoms with Crippen LogP contribution in [0.1, 0.15) is 2.85 Å². The first-order valence-corrected chi connectivity index (χ1v) is 0. The molecule has 0 bridgehead atoms. The predicted octanol–water partition coefficient (Wildman–Crippen LogP) is -2.14. The topological polar surface area (TPSA) is 90.0 Å². The molecular formula is H9FeMgO3Si. The summed E-state index contributed by atoms with van der Waals surface area (Å²) in [5, 5.41) is 0. The van der Waals surface area contributed by atoms with Crippen molar-refractivity contribution in [2.75, 3.05) is 0 Å². The normalized spacial score (nSPS) is 0. The third-order valence-corrected chi connectivity index (χ3v) is 0. The molecule has 0 rings (SSSR count). The summed E-state index contributed by atoms with van der Waals surface area (Å²) in [6.45, 7) is 0. The monoisotopic (exact) mass is 165 g/mol. The molecule has 0 aliphatic rings. The summed E-state index contributed by atoms with van der Waals surface area (Å²) in [5.74, 6) is 0. The third-order valence-electron chi connectivity index (χ3n) is 0. The Morgan fingerprint density at radius 2 is 0.833 bits per heavy atom. The van der Waals surface area contributed by atoms with Gasteiger partial charge in [-0.05, 0) is 11.0 Å². The molecule has 0 saturated carbocycles. The van der Waals surface area contributed by atoms with Crippen molar-refractivity contribution in [3.8, 4) is 0 Å². The van der Waals surface area contributed by atoms with Crippen LogP contribution in [0.4, 0.5) is 0 Å². The quantitative estimate of drug-likeness (QED) is 0.384. The van der Waals surface area contributed by atoms with Crippen LogP contribution in [0, 0.1) is 0 Å². The first-order chi connectivity index (χ1) is 0. The number of hydrogen-bond acceptors (Lipinski definition) is 3. The van der Waals surface area contributed by atoms with E-state index in [9.17, 15) is 0 Å². The van der Waals surface area contributed by atoms with Gasteiger partial charge in [0.05, 0.1) is 0 Å². The molecule has 0 amide bonds. The molecule has 0 unspecified atom stereocenters. The van der Waals surface area contributed by atoms with Gasteiger partial charge in [-0.15, -0.1) is 0 Å². The smallest absolute Gasteiger partial charge is 1.00 e. The second-order valence-corrected chi connectivity index (χ2v) is 0. The van der Waals surface area contributed by atoms with Crippen molar-refractivity contribution in [2.45, 2.75) is 0 Å². The fraction of sp³-hybridized carbons (Fsp3) is 0. The minimum absolute atomic E-state index is 0. The molecule has 0 atom stereocenters. The Hall–Kier alpha value is 1.38. The molecular weight excluding hydrogens is 156 g/mol. The molecule has 0 fully saturated rings. The summed E-state index contributed by atoms with van der Waals surface area (Å²) in [5.41, 5.74) is 0. The third kappa shape index (κ3) is 54.1. The van der Waals surface area contributed by atoms with Gasteiger partial charge < -0.3 is 19.3 Å². The maximum atomic E-state index is 0. The first kappa shape index (κ1) is 157. The van der Waals surface area contributed by atoms with Crippen LogP contribution in [0.3, 0.4) is 0 Å². The van der Waals surface area contributed by atoms with Crippen LogP contribution in [0.15, 0.2) is 0 Å². The molecule has 0 saturated heterocycles. The maximum Gasteiger partial charge on any atom is 3.00 e. The van der Waals surface area contributed by atoms with Gasteiger partial charge in [-0.25, -0.2) is 0 Å². The van der Waals surface area contributed by atoms with Crippen molar-refractivity contribution in [1.29, 1.82) is 0 Å². The molecule has 0 aromatic carbocycles. The Labute approximate surface area is 70.4 Å². The van der Waals surface area contributed by atoms with Crippen molar-refractivity contribution >= 4 is 34.0 Å². The Morgan fingerprint density at radius 3 is 0.833 bits per heavy atom. The van der Waals surface area contributed by atoms with Gasteiger partial charge in [0.2, 0.25) is 0 Å². The maximum absolute atomic E-state index is 0. The zero-order chi connectivity index (χ0) is 0. The minimum atomic E-state index is 0. The van der Waals surface area contributed by atoms with Gasteiger partial charge in [0.25, 0.3) is 0 Å². The molecule has 0 aliphatic heterocycles. The van der Waals surface area contributed by atoms with E-state index in [1.165, 1.54) is 0 Å². The first-order valence-electron chi connectivity index (χ1n) is 0. The zero-order valence-electron chi connectivity index (χ0n) is 4.40. The molecule has 3 nitrogen and oxygen atoms in total. The summed E-state index contributed by atoms with van der Waals surface area (Å²) in [6.07, 6.45) is 0. The van der Waals surface area contributed by atoms with Gasteiger partial charge in [0.1, 0.15) is 0 Å². The van der Waals surface area contributed by atoms with E-state index in [0.717, 1.165) is 0 Å². The number of hydrogen-bond donors (Lipinski definition) is 0. The Kier molecular flexibility index (Phi) is 2540. The Balaban J connectivity index is 0. The van der Waals surface area contributed by atoms with E-state index in [0.29, 0.717) is 0 Å². The second-order valence-electron chi connectivity index (χ2n) is 0. The molecule has 0 aliphatic carbocycles. The standard InChI is InChI=1S/Fe.Mg.3H2O.H4Si.2H/h;;3*1H2;1H4;;/q+3;+2;;;;;2*-1/p-3. The van der Waals surface area contributed by atoms with Crippen LogP contribution in [0.5, 0.6) is 0 Å². The Bertz CT molecular complexity index is 17.2. The van der Waals surface area contributed by atoms with Gasteiger partial charge in [-0.1, -0.05) is 0 Å². The molecule has 0 spiro atoms. The van der Waals surface area contributed by atoms with E-state index in [1.807, 2.05) is 0 Å². The van der Waals surface area contributed by atoms with Crippen LogP contribution in [0.25, 0.3) is 0 Å². The summed E-state index contributed by atoms with van der Waals surface area (Å²) < 4.78 is 0. The van der Waals surface area contributed by atoms with Crippen LogP contribution in [-0.2, 0) is 17.1 Å². The second kappa shape index (κ2) is 96.7. The van der Waals surface area contributed by atoms with Crippen LogP contribution in [0.2, 0.25) is 0 Å². The molecule has 1 radical (unpaired) electrons. The molecule has 6 heteroatoms. The minimum Gasteiger partial charge on any atom is -1.00 e. The molecule has 0 aromatic rings. The summed E-state index contributed by atoms with van der Waals surface area (Å²) in [7, 11) is 0. The van der Waals surface area contributed by atoms with Crippen molar-refractivity contribution in [3.05, 3.63) is 0 Å². The van der Waals surface area contributed by atoms with Crippen molar-refractivity contribution < 1.29 is 36.4 Å². The molecule has 6 heavy (non-hydrogen) atoms. The van der Waals surface area contributed by atoms with E-state index < -0.39 is 0 Å². The molecule has 3 N–H and O–H groups in total. The molecule has 0 aromatic heterocycles. The SMILES string of the molecule is [Fe+3].[H-].[H-].[Mg+2].[OH-].[OH-].[OH-].[SiH4]. The van der Waals surface area contributed by atoms with Gasteiger partial charge in [-0.2, -0.15) is 0 Å². The molecule has 0 heterocycles. The number of rotatable bonds is 0. The summed E-state index contributed by atoms with van der Waals surface area (Å²) in [6, 6.07) is 0. The van der Waals surface area contributed by atoms with E-state index >= 15 is 0 Å². The molecule has 41 valence electrons. The zero-order valence-corrected chi connectivity index (χ0v) is 4.92. The van der Waals surface area contributed by atoms with Crippen LogP contribution in [-0.4, -0.2) is 50.4 Å². The van der Waals surface area contributed by atoms with Gasteiger partial charge in [-0.3, -0.25) is 0 Å². The Morgan fingerprint density at radius 1 is 0.833 bits per heavy atom. The van der Waals surface area contributed by atoms with Crippen LogP contribution >= 0.6 is 0 Å². The van der Waals surface area contributed by atoms with Gasteiger partial charge in [0.15, 0.2) is 0 Å². The fourth-order valence-corrected chi connectivity index (χ4v) is 0. The van der Waals surface area contributed by atoms with Gasteiger partial charge in [0, 0.05) is 0 Å². The van der Waals surface area contributed by atoms with Crippen molar-refractivity contribution in [3.63, 3.8) is 0 Å². The largest absolute Gasteiger partial charge is 3.00 e. The van der Waals surface area contributed by atoms with E-state index in [2.05, 4.69) is 0 Å². The predicted molar refractivity (Wildman–Crippen MR) is 25.1 cm³/mol. The van der Waals surface area contributed by atoms with E-state index in [4.69, 9.17) is 0 Å². The average molecular weight is 165 g/mol. The average Bonchev–Trinajstić information content (AvgIpc) is 0. The van der Waals surface area contributed by atoms with Crippen molar-refractivity contribution in [1.82, 2.24) is 0 Å².